The van der Waals surface area contributed by atoms with Gasteiger partial charge in [-0.3, -0.25) is 0 Å². The molecule has 0 radical (unpaired) electrons. The molecule has 0 aliphatic carbocycles. The Morgan fingerprint density at radius 3 is 2.67 bits per heavy atom. The fraction of sp³-hybridized carbons (Fsp3) is 0.385. The number of rotatable bonds is 6. The van der Waals surface area contributed by atoms with Crippen molar-refractivity contribution in [2.24, 2.45) is 0 Å². The summed E-state index contributed by atoms with van der Waals surface area (Å²) in [5, 5.41) is 3.24. The average molecular weight is 246 g/mol. The lowest BCUT2D eigenvalue weighted by molar-refractivity contribution is 0.563. The molecule has 1 N–H and O–H groups in total. The molecule has 5 heteroatoms. The highest BCUT2D eigenvalue weighted by Gasteiger charge is 2.05. The Labute approximate surface area is 107 Å². The van der Waals surface area contributed by atoms with Crippen molar-refractivity contribution < 1.29 is 4.42 Å². The molecule has 96 valence electrons. The molecule has 0 unspecified atom stereocenters. The Balaban J connectivity index is 1.96. The van der Waals surface area contributed by atoms with Crippen molar-refractivity contribution in [1.82, 2.24) is 15.3 Å². The number of furan rings is 1. The van der Waals surface area contributed by atoms with Gasteiger partial charge in [-0.25, -0.2) is 9.97 Å². The Morgan fingerprint density at radius 1 is 1.28 bits per heavy atom. The third kappa shape index (κ3) is 3.30. The first kappa shape index (κ1) is 12.6. The Bertz CT molecular complexity index is 452. The van der Waals surface area contributed by atoms with Crippen molar-refractivity contribution in [1.29, 1.82) is 0 Å². The van der Waals surface area contributed by atoms with Crippen LogP contribution in [0.15, 0.2) is 35.4 Å². The van der Waals surface area contributed by atoms with Crippen LogP contribution < -0.4 is 10.2 Å². The Morgan fingerprint density at radius 2 is 2.06 bits per heavy atom. The largest absolute Gasteiger partial charge is 0.472 e. The van der Waals surface area contributed by atoms with Gasteiger partial charge in [0.05, 0.1) is 12.5 Å². The molecular formula is C13H18N4O. The SMILES string of the molecule is CCNCc1cnc(N(C)Cc2ccoc2)nc1. The maximum absolute atomic E-state index is 5.04. The monoisotopic (exact) mass is 246 g/mol. The maximum atomic E-state index is 5.04. The first-order valence-electron chi connectivity index (χ1n) is 6.03. The van der Waals surface area contributed by atoms with Gasteiger partial charge in [-0.15, -0.1) is 0 Å². The van der Waals surface area contributed by atoms with Gasteiger partial charge < -0.3 is 14.6 Å². The molecule has 0 atom stereocenters. The average Bonchev–Trinajstić information content (AvgIpc) is 2.89. The summed E-state index contributed by atoms with van der Waals surface area (Å²) in [6.07, 6.45) is 7.12. The third-order valence-corrected chi connectivity index (χ3v) is 2.61. The molecular weight excluding hydrogens is 228 g/mol. The van der Waals surface area contributed by atoms with Crippen LogP contribution in [-0.2, 0) is 13.1 Å². The van der Waals surface area contributed by atoms with Gasteiger partial charge in [-0.2, -0.15) is 0 Å². The normalized spacial score (nSPS) is 10.6. The molecule has 2 aromatic heterocycles. The molecule has 0 saturated carbocycles. The molecule has 18 heavy (non-hydrogen) atoms. The smallest absolute Gasteiger partial charge is 0.225 e. The van der Waals surface area contributed by atoms with Crippen LogP contribution >= 0.6 is 0 Å². The number of nitrogens with one attached hydrogen (secondary N) is 1. The second-order valence-electron chi connectivity index (χ2n) is 4.16. The standard InChI is InChI=1S/C13H18N4O/c1-3-14-6-12-7-15-13(16-8-12)17(2)9-11-4-5-18-10-11/h4-5,7-8,10,14H,3,6,9H2,1-2H3. The van der Waals surface area contributed by atoms with E-state index < -0.39 is 0 Å². The Hall–Kier alpha value is -1.88. The van der Waals surface area contributed by atoms with Crippen molar-refractivity contribution >= 4 is 5.95 Å². The van der Waals surface area contributed by atoms with Gasteiger partial charge in [-0.1, -0.05) is 6.92 Å². The van der Waals surface area contributed by atoms with Gasteiger partial charge >= 0.3 is 0 Å². The lowest BCUT2D eigenvalue weighted by atomic mass is 10.3. The van der Waals surface area contributed by atoms with E-state index in [0.29, 0.717) is 0 Å². The van der Waals surface area contributed by atoms with E-state index in [4.69, 9.17) is 4.42 Å². The van der Waals surface area contributed by atoms with Crippen LogP contribution in [0.4, 0.5) is 5.95 Å². The van der Waals surface area contributed by atoms with Gasteiger partial charge in [0.15, 0.2) is 0 Å². The fourth-order valence-corrected chi connectivity index (χ4v) is 1.63. The van der Waals surface area contributed by atoms with Gasteiger partial charge in [0, 0.05) is 43.7 Å². The summed E-state index contributed by atoms with van der Waals surface area (Å²) in [7, 11) is 1.96. The molecule has 0 spiro atoms. The Kier molecular flexibility index (Phi) is 4.30. The highest BCUT2D eigenvalue weighted by molar-refractivity contribution is 5.30. The predicted molar refractivity (Wildman–Crippen MR) is 70.2 cm³/mol. The summed E-state index contributed by atoms with van der Waals surface area (Å²) < 4.78 is 5.04. The molecule has 0 aliphatic rings. The minimum absolute atomic E-state index is 0.719. The van der Waals surface area contributed by atoms with E-state index in [0.717, 1.165) is 36.7 Å². The van der Waals surface area contributed by atoms with Crippen LogP contribution in [0.3, 0.4) is 0 Å². The summed E-state index contributed by atoms with van der Waals surface area (Å²) in [5.74, 6) is 0.719. The van der Waals surface area contributed by atoms with Crippen LogP contribution in [0.25, 0.3) is 0 Å². The number of hydrogen-bond donors (Lipinski definition) is 1. The van der Waals surface area contributed by atoms with E-state index in [9.17, 15) is 0 Å². The molecule has 2 rings (SSSR count). The van der Waals surface area contributed by atoms with E-state index in [1.54, 1.807) is 12.5 Å². The van der Waals surface area contributed by atoms with E-state index in [1.807, 2.05) is 30.4 Å². The van der Waals surface area contributed by atoms with Crippen molar-refractivity contribution in [3.63, 3.8) is 0 Å². The van der Waals surface area contributed by atoms with E-state index in [2.05, 4.69) is 22.2 Å². The molecule has 5 nitrogen and oxygen atoms in total. The first-order valence-corrected chi connectivity index (χ1v) is 6.03. The number of hydrogen-bond acceptors (Lipinski definition) is 5. The van der Waals surface area contributed by atoms with Gasteiger partial charge in [-0.05, 0) is 12.6 Å². The van der Waals surface area contributed by atoms with E-state index in [1.165, 1.54) is 0 Å². The van der Waals surface area contributed by atoms with Crippen molar-refractivity contribution in [3.8, 4) is 0 Å². The lowest BCUT2D eigenvalue weighted by Gasteiger charge is -2.15. The first-order chi connectivity index (χ1) is 8.79. The molecule has 0 fully saturated rings. The number of aromatic nitrogens is 2. The molecule has 0 saturated heterocycles. The van der Waals surface area contributed by atoms with Crippen LogP contribution in [0.5, 0.6) is 0 Å². The van der Waals surface area contributed by atoms with Crippen LogP contribution in [0.2, 0.25) is 0 Å². The third-order valence-electron chi connectivity index (χ3n) is 2.61. The quantitative estimate of drug-likeness (QED) is 0.842. The van der Waals surface area contributed by atoms with Crippen molar-refractivity contribution in [3.05, 3.63) is 42.1 Å². The molecule has 0 aromatic carbocycles. The zero-order valence-corrected chi connectivity index (χ0v) is 10.8. The molecule has 0 bridgehead atoms. The molecule has 2 aromatic rings. The second kappa shape index (κ2) is 6.16. The number of anilines is 1. The molecule has 0 amide bonds. The van der Waals surface area contributed by atoms with E-state index in [-0.39, 0.29) is 0 Å². The van der Waals surface area contributed by atoms with Crippen LogP contribution in [0, 0.1) is 0 Å². The van der Waals surface area contributed by atoms with Crippen LogP contribution in [-0.4, -0.2) is 23.6 Å². The topological polar surface area (TPSA) is 54.2 Å². The summed E-state index contributed by atoms with van der Waals surface area (Å²) in [4.78, 5) is 10.7. The number of nitrogens with zero attached hydrogens (tertiary/aromatic N) is 3. The van der Waals surface area contributed by atoms with Gasteiger partial charge in [0.1, 0.15) is 0 Å². The summed E-state index contributed by atoms with van der Waals surface area (Å²) in [6, 6.07) is 1.94. The zero-order chi connectivity index (χ0) is 12.8. The van der Waals surface area contributed by atoms with Gasteiger partial charge in [0.25, 0.3) is 0 Å². The maximum Gasteiger partial charge on any atom is 0.225 e. The summed E-state index contributed by atoms with van der Waals surface area (Å²) >= 11 is 0. The van der Waals surface area contributed by atoms with Crippen LogP contribution in [0.1, 0.15) is 18.1 Å². The highest BCUT2D eigenvalue weighted by Crippen LogP contribution is 2.10. The zero-order valence-electron chi connectivity index (χ0n) is 10.8. The lowest BCUT2D eigenvalue weighted by Crippen LogP contribution is -2.19. The summed E-state index contributed by atoms with van der Waals surface area (Å²) in [5.41, 5.74) is 2.20. The minimum Gasteiger partial charge on any atom is -0.472 e. The molecule has 2 heterocycles. The highest BCUT2D eigenvalue weighted by atomic mass is 16.3. The minimum atomic E-state index is 0.719. The van der Waals surface area contributed by atoms with Gasteiger partial charge in [0.2, 0.25) is 5.95 Å². The summed E-state index contributed by atoms with van der Waals surface area (Å²) in [6.45, 7) is 4.57. The van der Waals surface area contributed by atoms with Crippen molar-refractivity contribution in [2.45, 2.75) is 20.0 Å². The fourth-order valence-electron chi connectivity index (χ4n) is 1.63. The second-order valence-corrected chi connectivity index (χ2v) is 4.16. The molecule has 0 aliphatic heterocycles. The van der Waals surface area contributed by atoms with E-state index >= 15 is 0 Å². The van der Waals surface area contributed by atoms with Crippen molar-refractivity contribution in [2.75, 3.05) is 18.5 Å². The predicted octanol–water partition coefficient (Wildman–Crippen LogP) is 1.82.